The second-order valence-electron chi connectivity index (χ2n) is 10.3. The molecule has 5 rings (SSSR count). The number of carboxylic acids is 2. The molecule has 13 nitrogen and oxygen atoms in total. The van der Waals surface area contributed by atoms with Crippen molar-refractivity contribution in [3.63, 3.8) is 0 Å². The maximum atomic E-state index is 13.6. The first-order valence-electron chi connectivity index (χ1n) is 14.1. The number of carbonyl (C=O) groups excluding carboxylic acids is 1. The van der Waals surface area contributed by atoms with Gasteiger partial charge in [-0.3, -0.25) is 19.4 Å². The molecule has 5 aromatic rings. The van der Waals surface area contributed by atoms with Gasteiger partial charge in [0.1, 0.15) is 6.04 Å². The summed E-state index contributed by atoms with van der Waals surface area (Å²) in [6.45, 7) is 3.58. The number of imidazole rings is 1. The molecule has 0 aliphatic carbocycles. The molecule has 0 aliphatic rings. The van der Waals surface area contributed by atoms with Gasteiger partial charge in [0.25, 0.3) is 5.91 Å². The van der Waals surface area contributed by atoms with E-state index in [1.807, 2.05) is 13.0 Å². The quantitative estimate of drug-likeness (QED) is 0.139. The molecule has 0 aliphatic heterocycles. The van der Waals surface area contributed by atoms with Gasteiger partial charge in [0, 0.05) is 53.0 Å². The number of nitrogens with one attached hydrogen (secondary N) is 2. The van der Waals surface area contributed by atoms with Crippen LogP contribution in [0.2, 0.25) is 0 Å². The summed E-state index contributed by atoms with van der Waals surface area (Å²) in [4.78, 5) is 49.7. The van der Waals surface area contributed by atoms with Crippen LogP contribution >= 0.6 is 0 Å². The molecule has 48 heavy (non-hydrogen) atoms. The number of rotatable bonds is 9. The van der Waals surface area contributed by atoms with Gasteiger partial charge < -0.3 is 31.1 Å². The van der Waals surface area contributed by atoms with Crippen LogP contribution < -0.4 is 16.4 Å². The van der Waals surface area contributed by atoms with Crippen LogP contribution in [0, 0.1) is 13.8 Å². The number of hydrogen-bond donors (Lipinski definition) is 5. The number of aromatic nitrogens is 5. The fourth-order valence-corrected chi connectivity index (χ4v) is 4.15. The Morgan fingerprint density at radius 1 is 1.00 bits per heavy atom. The summed E-state index contributed by atoms with van der Waals surface area (Å²) in [5.74, 6) is -2.76. The van der Waals surface area contributed by atoms with Gasteiger partial charge in [-0.1, -0.05) is 6.07 Å². The Hall–Kier alpha value is -6.16. The molecule has 1 atom stereocenters. The molecule has 6 N–H and O–H groups in total. The molecule has 16 heteroatoms. The Morgan fingerprint density at radius 2 is 1.77 bits per heavy atom. The molecular formula is C32H29F3N8O5. The summed E-state index contributed by atoms with van der Waals surface area (Å²) in [5.41, 5.74) is 7.93. The molecule has 0 saturated heterocycles. The number of hydrogen-bond acceptors (Lipinski definition) is 9. The summed E-state index contributed by atoms with van der Waals surface area (Å²) >= 11 is 0. The maximum Gasteiger partial charge on any atom is 0.416 e. The van der Waals surface area contributed by atoms with Crippen molar-refractivity contribution in [1.29, 1.82) is 0 Å². The number of carboxylic acid groups (broad SMARTS) is 2. The van der Waals surface area contributed by atoms with Crippen LogP contribution in [0.25, 0.3) is 16.9 Å². The number of halogens is 3. The smallest absolute Gasteiger partial charge is 0.416 e. The zero-order valence-electron chi connectivity index (χ0n) is 25.4. The van der Waals surface area contributed by atoms with Gasteiger partial charge in [0.05, 0.1) is 29.7 Å². The SMILES string of the molecule is Cc1cn(-c2cc(NC(=O)c3ccc(C)c(Nc4nccc(-c5cccnc5)n4)c3)cc(C(F)(F)F)c2)cn1.NC(CC(=O)O)C(=O)O. The van der Waals surface area contributed by atoms with Gasteiger partial charge in [-0.15, -0.1) is 0 Å². The fourth-order valence-electron chi connectivity index (χ4n) is 4.15. The number of amides is 1. The van der Waals surface area contributed by atoms with Crippen LogP contribution in [-0.2, 0) is 15.8 Å². The minimum absolute atomic E-state index is 0.00114. The van der Waals surface area contributed by atoms with Crippen LogP contribution in [-0.4, -0.2) is 58.6 Å². The van der Waals surface area contributed by atoms with E-state index in [0.29, 0.717) is 23.0 Å². The van der Waals surface area contributed by atoms with Crippen molar-refractivity contribution in [2.45, 2.75) is 32.5 Å². The highest BCUT2D eigenvalue weighted by molar-refractivity contribution is 6.05. The van der Waals surface area contributed by atoms with E-state index in [1.54, 1.807) is 62.0 Å². The Bertz CT molecular complexity index is 1930. The van der Waals surface area contributed by atoms with Gasteiger partial charge in [0.15, 0.2) is 0 Å². The molecule has 2 aromatic carbocycles. The van der Waals surface area contributed by atoms with E-state index >= 15 is 0 Å². The first kappa shape index (κ1) is 34.7. The van der Waals surface area contributed by atoms with Crippen molar-refractivity contribution in [2.24, 2.45) is 5.73 Å². The molecule has 1 amide bonds. The number of nitrogens with two attached hydrogens (primary N) is 1. The van der Waals surface area contributed by atoms with Crippen molar-refractivity contribution in [1.82, 2.24) is 24.5 Å². The highest BCUT2D eigenvalue weighted by Gasteiger charge is 2.31. The Kier molecular flexibility index (Phi) is 10.8. The molecule has 0 radical (unpaired) electrons. The van der Waals surface area contributed by atoms with Crippen LogP contribution in [0.1, 0.15) is 33.6 Å². The monoisotopic (exact) mass is 662 g/mol. The molecule has 0 spiro atoms. The zero-order chi connectivity index (χ0) is 35.0. The van der Waals surface area contributed by atoms with Gasteiger partial charge in [-0.2, -0.15) is 13.2 Å². The topological polar surface area (TPSA) is 198 Å². The second-order valence-corrected chi connectivity index (χ2v) is 10.3. The molecule has 3 heterocycles. The third kappa shape index (κ3) is 9.43. The molecule has 0 bridgehead atoms. The number of nitrogens with zero attached hydrogens (tertiary/aromatic N) is 5. The van der Waals surface area contributed by atoms with E-state index in [4.69, 9.17) is 15.9 Å². The average Bonchev–Trinajstić information content (AvgIpc) is 3.48. The largest absolute Gasteiger partial charge is 0.481 e. The summed E-state index contributed by atoms with van der Waals surface area (Å²) in [5, 5.41) is 21.7. The number of aliphatic carboxylic acids is 2. The normalized spacial score (nSPS) is 11.5. The minimum atomic E-state index is -4.60. The number of aryl methyl sites for hydroxylation is 2. The van der Waals surface area contributed by atoms with E-state index in [-0.39, 0.29) is 16.9 Å². The highest BCUT2D eigenvalue weighted by atomic mass is 19.4. The molecule has 0 fully saturated rings. The van der Waals surface area contributed by atoms with Crippen molar-refractivity contribution in [3.8, 4) is 16.9 Å². The highest BCUT2D eigenvalue weighted by Crippen LogP contribution is 2.33. The predicted molar refractivity (Wildman–Crippen MR) is 169 cm³/mol. The first-order chi connectivity index (χ1) is 22.7. The van der Waals surface area contributed by atoms with Crippen LogP contribution in [0.4, 0.5) is 30.5 Å². The van der Waals surface area contributed by atoms with Crippen molar-refractivity contribution < 1.29 is 37.8 Å². The number of benzene rings is 2. The number of carbonyl (C=O) groups is 3. The Balaban J connectivity index is 0.000000508. The molecular weight excluding hydrogens is 633 g/mol. The first-order valence-corrected chi connectivity index (χ1v) is 14.1. The Morgan fingerprint density at radius 3 is 2.38 bits per heavy atom. The van der Waals surface area contributed by atoms with E-state index < -0.39 is 42.0 Å². The lowest BCUT2D eigenvalue weighted by Crippen LogP contribution is -2.32. The maximum absolute atomic E-state index is 13.6. The zero-order valence-corrected chi connectivity index (χ0v) is 25.4. The number of pyridine rings is 1. The van der Waals surface area contributed by atoms with E-state index in [0.717, 1.165) is 23.3 Å². The molecule has 3 aromatic heterocycles. The van der Waals surface area contributed by atoms with E-state index in [2.05, 4.69) is 30.6 Å². The van der Waals surface area contributed by atoms with E-state index in [9.17, 15) is 27.6 Å². The van der Waals surface area contributed by atoms with Crippen molar-refractivity contribution in [2.75, 3.05) is 10.6 Å². The second kappa shape index (κ2) is 15.0. The lowest BCUT2D eigenvalue weighted by atomic mass is 10.1. The predicted octanol–water partition coefficient (Wildman–Crippen LogP) is 5.23. The summed E-state index contributed by atoms with van der Waals surface area (Å²) in [6.07, 6.45) is 2.85. The number of alkyl halides is 3. The fraction of sp³-hybridized carbons (Fsp3) is 0.156. The standard InChI is InChI=1S/C28H22F3N7O.C4H7NO4/c1-17-5-6-19(10-25(17)37-27-33-9-7-24(36-27)20-4-3-8-32-14-20)26(39)35-22-11-21(28(29,30)31)12-23(13-22)38-15-18(2)34-16-38;5-2(4(8)9)1-3(6)7/h3-16H,1-2H3,(H,35,39)(H,33,36,37);2H,1,5H2,(H,6,7)(H,8,9). The van der Waals surface area contributed by atoms with E-state index in [1.165, 1.54) is 17.0 Å². The number of anilines is 3. The summed E-state index contributed by atoms with van der Waals surface area (Å²) in [7, 11) is 0. The molecule has 248 valence electrons. The summed E-state index contributed by atoms with van der Waals surface area (Å²) in [6, 6.07) is 12.4. The van der Waals surface area contributed by atoms with Gasteiger partial charge >= 0.3 is 18.1 Å². The lowest BCUT2D eigenvalue weighted by molar-refractivity contribution is -0.144. The third-order valence-electron chi connectivity index (χ3n) is 6.58. The van der Waals surface area contributed by atoms with Gasteiger partial charge in [0.2, 0.25) is 5.95 Å². The average molecular weight is 663 g/mol. The molecule has 1 unspecified atom stereocenters. The van der Waals surface area contributed by atoms with Crippen LogP contribution in [0.5, 0.6) is 0 Å². The lowest BCUT2D eigenvalue weighted by Gasteiger charge is -2.14. The van der Waals surface area contributed by atoms with Crippen molar-refractivity contribution >= 4 is 35.2 Å². The van der Waals surface area contributed by atoms with Crippen LogP contribution in [0.3, 0.4) is 0 Å². The molecule has 0 saturated carbocycles. The Labute approximate surface area is 271 Å². The minimum Gasteiger partial charge on any atom is -0.481 e. The van der Waals surface area contributed by atoms with Gasteiger partial charge in [-0.05, 0) is 67.9 Å². The van der Waals surface area contributed by atoms with Crippen molar-refractivity contribution in [3.05, 3.63) is 108 Å². The van der Waals surface area contributed by atoms with Crippen LogP contribution in [0.15, 0.2) is 85.7 Å². The van der Waals surface area contributed by atoms with Gasteiger partial charge in [-0.25, -0.2) is 15.0 Å². The summed E-state index contributed by atoms with van der Waals surface area (Å²) < 4.78 is 42.3. The third-order valence-corrected chi connectivity index (χ3v) is 6.58.